The molecule has 2 aromatic rings. The van der Waals surface area contributed by atoms with E-state index >= 15 is 4.39 Å². The van der Waals surface area contributed by atoms with Crippen LogP contribution in [0.5, 0.6) is 5.75 Å². The molecule has 2 rings (SSSR count). The van der Waals surface area contributed by atoms with E-state index in [1.165, 1.54) is 12.1 Å². The van der Waals surface area contributed by atoms with Gasteiger partial charge in [-0.3, -0.25) is 4.79 Å². The van der Waals surface area contributed by atoms with E-state index in [9.17, 15) is 22.8 Å². The summed E-state index contributed by atoms with van der Waals surface area (Å²) < 4.78 is 73.3. The highest BCUT2D eigenvalue weighted by Crippen LogP contribution is 2.38. The number of benzene rings is 2. The Morgan fingerprint density at radius 2 is 1.65 bits per heavy atom. The first kappa shape index (κ1) is 35.8. The summed E-state index contributed by atoms with van der Waals surface area (Å²) in [5.74, 6) is -3.83. The SMILES string of the molecule is C=Cc1cc(OCc2ccccc2)c(NC(=O)C(F)(F)F)c(F)c1C[C@@H](CO[Si](C)(C)C(C)(C)C)NC(=O)OC(C)(C)C. The van der Waals surface area contributed by atoms with Crippen LogP contribution in [0.4, 0.5) is 28.0 Å². The van der Waals surface area contributed by atoms with Crippen molar-refractivity contribution in [3.05, 3.63) is 65.5 Å². The number of hydrogen-bond donors (Lipinski definition) is 2. The largest absolute Gasteiger partial charge is 0.487 e. The van der Waals surface area contributed by atoms with Gasteiger partial charge in [0, 0.05) is 0 Å². The van der Waals surface area contributed by atoms with Gasteiger partial charge in [-0.25, -0.2) is 9.18 Å². The zero-order chi connectivity index (χ0) is 32.8. The van der Waals surface area contributed by atoms with Crippen LogP contribution in [0.15, 0.2) is 43.0 Å². The van der Waals surface area contributed by atoms with E-state index in [0.717, 1.165) is 0 Å². The van der Waals surface area contributed by atoms with E-state index in [-0.39, 0.29) is 41.5 Å². The molecule has 0 radical (unpaired) electrons. The first-order valence-electron chi connectivity index (χ1n) is 13.8. The Hall–Kier alpha value is -3.38. The van der Waals surface area contributed by atoms with E-state index in [1.54, 1.807) is 56.4 Å². The van der Waals surface area contributed by atoms with Gasteiger partial charge in [0.2, 0.25) is 0 Å². The minimum atomic E-state index is -5.28. The maximum Gasteiger partial charge on any atom is 0.471 e. The Labute approximate surface area is 252 Å². The summed E-state index contributed by atoms with van der Waals surface area (Å²) in [4.78, 5) is 24.6. The average molecular weight is 627 g/mol. The Morgan fingerprint density at radius 1 is 1.05 bits per heavy atom. The number of nitrogens with one attached hydrogen (secondary N) is 2. The molecule has 2 amide bonds. The van der Waals surface area contributed by atoms with Gasteiger partial charge in [0.25, 0.3) is 0 Å². The van der Waals surface area contributed by atoms with Crippen LogP contribution < -0.4 is 15.4 Å². The van der Waals surface area contributed by atoms with Crippen LogP contribution >= 0.6 is 0 Å². The fraction of sp³-hybridized carbons (Fsp3) is 0.484. The normalized spacial score (nSPS) is 13.2. The Balaban J connectivity index is 2.56. The molecule has 43 heavy (non-hydrogen) atoms. The number of anilines is 1. The molecule has 0 aliphatic rings. The van der Waals surface area contributed by atoms with Gasteiger partial charge in [0.1, 0.15) is 23.6 Å². The topological polar surface area (TPSA) is 85.9 Å². The molecule has 0 aromatic heterocycles. The number of carbonyl (C=O) groups excluding carboxylic acids is 2. The smallest absolute Gasteiger partial charge is 0.471 e. The van der Waals surface area contributed by atoms with E-state index in [0.29, 0.717) is 5.56 Å². The molecule has 1 atom stereocenters. The van der Waals surface area contributed by atoms with Crippen LogP contribution in [0.1, 0.15) is 58.2 Å². The lowest BCUT2D eigenvalue weighted by molar-refractivity contribution is -0.167. The minimum Gasteiger partial charge on any atom is -0.487 e. The third-order valence-corrected chi connectivity index (χ3v) is 11.4. The molecular weight excluding hydrogens is 584 g/mol. The van der Waals surface area contributed by atoms with Gasteiger partial charge in [0.15, 0.2) is 14.1 Å². The van der Waals surface area contributed by atoms with Crippen molar-refractivity contribution in [1.82, 2.24) is 5.32 Å². The molecule has 7 nitrogen and oxygen atoms in total. The van der Waals surface area contributed by atoms with Gasteiger partial charge >= 0.3 is 18.2 Å². The van der Waals surface area contributed by atoms with Crippen LogP contribution in [0.25, 0.3) is 6.08 Å². The first-order valence-corrected chi connectivity index (χ1v) is 16.7. The summed E-state index contributed by atoms with van der Waals surface area (Å²) >= 11 is 0. The van der Waals surface area contributed by atoms with Gasteiger partial charge in [-0.1, -0.05) is 63.8 Å². The highest BCUT2D eigenvalue weighted by atomic mass is 28.4. The average Bonchev–Trinajstić information content (AvgIpc) is 2.87. The van der Waals surface area contributed by atoms with Gasteiger partial charge in [-0.15, -0.1) is 0 Å². The number of ether oxygens (including phenoxy) is 2. The van der Waals surface area contributed by atoms with Crippen LogP contribution in [0.3, 0.4) is 0 Å². The predicted molar refractivity (Wildman–Crippen MR) is 162 cm³/mol. The monoisotopic (exact) mass is 626 g/mol. The molecule has 0 unspecified atom stereocenters. The molecule has 0 fully saturated rings. The molecular formula is C31H42F4N2O5Si. The molecule has 0 saturated heterocycles. The third kappa shape index (κ3) is 10.7. The quantitative estimate of drug-likeness (QED) is 0.195. The first-order chi connectivity index (χ1) is 19.6. The molecule has 0 saturated carbocycles. The van der Waals surface area contributed by atoms with Crippen LogP contribution in [0, 0.1) is 5.82 Å². The predicted octanol–water partition coefficient (Wildman–Crippen LogP) is 8.01. The molecule has 238 valence electrons. The standard InChI is InChI=1S/C31H42F4N2O5Si/c1-10-21-16-24(40-18-20-14-12-11-13-15-20)26(37-27(38)31(33,34)35)25(32)23(21)17-22(36-28(39)42-29(2,3)4)19-41-43(8,9)30(5,6)7/h10-16,22H,1,17-19H2,2-9H3,(H,36,39)(H,37,38)/t22-/m0/s1. The summed E-state index contributed by atoms with van der Waals surface area (Å²) in [6, 6.07) is 9.17. The number of alkyl halides is 3. The summed E-state index contributed by atoms with van der Waals surface area (Å²) in [5.41, 5.74) is -0.822. The second kappa shape index (κ2) is 13.9. The molecule has 2 N–H and O–H groups in total. The van der Waals surface area contributed by atoms with E-state index in [4.69, 9.17) is 13.9 Å². The number of rotatable bonds is 11. The zero-order valence-electron chi connectivity index (χ0n) is 26.0. The number of carbonyl (C=O) groups is 2. The van der Waals surface area contributed by atoms with Crippen molar-refractivity contribution in [2.75, 3.05) is 11.9 Å². The highest BCUT2D eigenvalue weighted by molar-refractivity contribution is 6.74. The maximum atomic E-state index is 16.2. The van der Waals surface area contributed by atoms with Gasteiger partial charge in [0.05, 0.1) is 12.6 Å². The van der Waals surface area contributed by atoms with Crippen molar-refractivity contribution >= 4 is 32.1 Å². The van der Waals surface area contributed by atoms with Crippen LogP contribution in [0.2, 0.25) is 18.1 Å². The Morgan fingerprint density at radius 3 is 2.16 bits per heavy atom. The van der Waals surface area contributed by atoms with Gasteiger partial charge in [-0.05, 0) is 68.1 Å². The fourth-order valence-electron chi connectivity index (χ4n) is 3.62. The van der Waals surface area contributed by atoms with Crippen molar-refractivity contribution in [3.8, 4) is 5.75 Å². The summed E-state index contributed by atoms with van der Waals surface area (Å²) in [5, 5.41) is 4.17. The molecule has 0 spiro atoms. The maximum absolute atomic E-state index is 16.2. The second-order valence-corrected chi connectivity index (χ2v) is 17.5. The lowest BCUT2D eigenvalue weighted by Gasteiger charge is -2.37. The van der Waals surface area contributed by atoms with Gasteiger partial charge < -0.3 is 24.5 Å². The van der Waals surface area contributed by atoms with E-state index in [1.807, 2.05) is 33.9 Å². The minimum absolute atomic E-state index is 0.0255. The molecule has 12 heteroatoms. The Kier molecular flexibility index (Phi) is 11.6. The van der Waals surface area contributed by atoms with Gasteiger partial charge in [-0.2, -0.15) is 13.2 Å². The summed E-state index contributed by atoms with van der Waals surface area (Å²) in [7, 11) is -2.33. The summed E-state index contributed by atoms with van der Waals surface area (Å²) in [6.07, 6.45) is -4.94. The number of alkyl carbamates (subject to hydrolysis) is 1. The molecule has 0 bridgehead atoms. The van der Waals surface area contributed by atoms with E-state index in [2.05, 4.69) is 11.9 Å². The van der Waals surface area contributed by atoms with Crippen molar-refractivity contribution in [3.63, 3.8) is 0 Å². The van der Waals surface area contributed by atoms with Crippen LogP contribution in [-0.4, -0.2) is 44.7 Å². The number of hydrogen-bond acceptors (Lipinski definition) is 5. The summed E-state index contributed by atoms with van der Waals surface area (Å²) in [6.45, 7) is 18.8. The van der Waals surface area contributed by atoms with Crippen LogP contribution in [-0.2, 0) is 27.0 Å². The molecule has 2 aromatic carbocycles. The number of amides is 2. The van der Waals surface area contributed by atoms with E-state index < -0.39 is 49.6 Å². The van der Waals surface area contributed by atoms with Crippen molar-refractivity contribution in [2.24, 2.45) is 0 Å². The molecule has 0 heterocycles. The lowest BCUT2D eigenvalue weighted by atomic mass is 9.98. The fourth-order valence-corrected chi connectivity index (χ4v) is 4.67. The lowest BCUT2D eigenvalue weighted by Crippen LogP contribution is -2.48. The third-order valence-electron chi connectivity index (χ3n) is 6.94. The molecule has 0 aliphatic carbocycles. The number of halogens is 4. The Bertz CT molecular complexity index is 1290. The highest BCUT2D eigenvalue weighted by Gasteiger charge is 2.41. The van der Waals surface area contributed by atoms with Crippen molar-refractivity contribution < 1.29 is 41.1 Å². The molecule has 0 aliphatic heterocycles. The zero-order valence-corrected chi connectivity index (χ0v) is 27.0. The second-order valence-electron chi connectivity index (χ2n) is 12.7. The van der Waals surface area contributed by atoms with Crippen molar-refractivity contribution in [1.29, 1.82) is 0 Å². The van der Waals surface area contributed by atoms with Crippen molar-refractivity contribution in [2.45, 2.75) is 90.5 Å².